The van der Waals surface area contributed by atoms with Crippen molar-refractivity contribution < 1.29 is 77.6 Å². The number of carboxylic acid groups (broad SMARTS) is 1. The second-order valence-electron chi connectivity index (χ2n) is 18.6. The van der Waals surface area contributed by atoms with Crippen molar-refractivity contribution in [1.29, 1.82) is 0 Å². The van der Waals surface area contributed by atoms with Crippen LogP contribution in [0.25, 0.3) is 0 Å². The van der Waals surface area contributed by atoms with Crippen molar-refractivity contribution in [2.75, 3.05) is 57.7 Å². The Balaban J connectivity index is 2.89. The Morgan fingerprint density at radius 2 is 1.09 bits per heavy atom. The number of rotatable bonds is 39. The number of nitrogens with two attached hydrogens (primary N) is 1. The van der Waals surface area contributed by atoms with Gasteiger partial charge in [0.15, 0.2) is 0 Å². The molecule has 9 atom stereocenters. The van der Waals surface area contributed by atoms with Gasteiger partial charge in [-0.1, -0.05) is 44.2 Å². The number of aliphatic hydroxyl groups excluding tert-OH is 2. The number of aliphatic carboxylic acids is 1. The predicted octanol–water partition coefficient (Wildman–Crippen LogP) is -6.07. The molecule has 0 aliphatic carbocycles. The molecule has 0 saturated heterocycles. The predicted molar refractivity (Wildman–Crippen MR) is 295 cm³/mol. The van der Waals surface area contributed by atoms with Crippen LogP contribution in [0.1, 0.15) is 71.8 Å². The van der Waals surface area contributed by atoms with Crippen molar-refractivity contribution in [2.45, 2.75) is 127 Å². The van der Waals surface area contributed by atoms with Gasteiger partial charge in [-0.25, -0.2) is 4.79 Å². The molecule has 1 rings (SSSR count). The van der Waals surface area contributed by atoms with Crippen molar-refractivity contribution in [1.82, 2.24) is 63.8 Å². The molecule has 12 amide bonds. The number of nitrogens with one attached hydrogen (secondary N) is 12. The van der Waals surface area contributed by atoms with Crippen LogP contribution in [0.4, 0.5) is 0 Å². The molecule has 0 fully saturated rings. The van der Waals surface area contributed by atoms with Crippen LogP contribution in [0.15, 0.2) is 30.3 Å². The average Bonchev–Trinajstić information content (AvgIpc) is 3.41. The molecular weight excluding hydrogens is 1090 g/mol. The van der Waals surface area contributed by atoms with Gasteiger partial charge in [-0.2, -0.15) is 24.4 Å². The van der Waals surface area contributed by atoms with E-state index in [0.29, 0.717) is 24.2 Å². The normalized spacial score (nSPS) is 14.3. The van der Waals surface area contributed by atoms with Gasteiger partial charge in [0.1, 0.15) is 48.3 Å². The number of hydrogen-bond acceptors (Lipinski definition) is 18. The Hall–Kier alpha value is -7.09. The highest BCUT2D eigenvalue weighted by molar-refractivity contribution is 7.98. The number of thiol groups is 1. The number of likely N-dealkylation sites (N-methyl/N-ethyl adjacent to an activating group) is 1. The van der Waals surface area contributed by atoms with E-state index in [9.17, 15) is 77.6 Å². The summed E-state index contributed by atoms with van der Waals surface area (Å²) >= 11 is 5.46. The minimum absolute atomic E-state index is 0.0510. The molecule has 1 aromatic carbocycles. The number of primary amides is 1. The van der Waals surface area contributed by atoms with Crippen LogP contribution in [-0.4, -0.2) is 204 Å². The van der Waals surface area contributed by atoms with Gasteiger partial charge >= 0.3 is 5.97 Å². The summed E-state index contributed by atoms with van der Waals surface area (Å²) in [6, 6.07) is -2.77. The van der Waals surface area contributed by atoms with Gasteiger partial charge in [0.05, 0.1) is 32.3 Å². The number of amides is 12. The highest BCUT2D eigenvalue weighted by atomic mass is 32.2. The van der Waals surface area contributed by atoms with E-state index in [2.05, 4.69) is 76.4 Å². The molecule has 0 aliphatic heterocycles. The molecule has 80 heavy (non-hydrogen) atoms. The summed E-state index contributed by atoms with van der Waals surface area (Å²) in [4.78, 5) is 166. The first kappa shape index (κ1) is 70.9. The molecule has 31 heteroatoms. The van der Waals surface area contributed by atoms with Gasteiger partial charge in [-0.3, -0.25) is 57.5 Å². The van der Waals surface area contributed by atoms with Crippen molar-refractivity contribution in [2.24, 2.45) is 11.7 Å². The Bertz CT molecular complexity index is 2270. The van der Waals surface area contributed by atoms with Gasteiger partial charge in [-0.15, -0.1) is 0 Å². The van der Waals surface area contributed by atoms with Crippen LogP contribution in [0, 0.1) is 5.92 Å². The maximum absolute atomic E-state index is 13.8. The fourth-order valence-corrected chi connectivity index (χ4v) is 7.96. The molecule has 17 N–H and O–H groups in total. The van der Waals surface area contributed by atoms with E-state index in [1.54, 1.807) is 57.5 Å². The smallest absolute Gasteiger partial charge is 0.326 e. The number of hydrogen-bond donors (Lipinski definition) is 17. The Labute approximate surface area is 473 Å². The molecule has 29 nitrogen and oxygen atoms in total. The lowest BCUT2D eigenvalue weighted by Crippen LogP contribution is -2.59. The molecule has 0 aromatic heterocycles. The van der Waals surface area contributed by atoms with Crippen molar-refractivity contribution in [3.8, 4) is 0 Å². The molecular formula is C49H79N13O16S2. The second-order valence-corrected chi connectivity index (χ2v) is 19.9. The number of benzene rings is 1. The minimum Gasteiger partial charge on any atom is -0.480 e. The topological polar surface area (TPSA) is 453 Å². The second kappa shape index (κ2) is 38.5. The fraction of sp³-hybridized carbons (Fsp3) is 0.612. The van der Waals surface area contributed by atoms with Crippen LogP contribution in [-0.2, 0) is 68.7 Å². The van der Waals surface area contributed by atoms with Crippen LogP contribution in [0.3, 0.4) is 0 Å². The van der Waals surface area contributed by atoms with E-state index in [0.717, 1.165) is 0 Å². The number of carbonyl (C=O) groups is 13. The number of thioether (sulfide) groups is 1. The largest absolute Gasteiger partial charge is 0.480 e. The summed E-state index contributed by atoms with van der Waals surface area (Å²) in [5.74, 6) is -11.4. The van der Waals surface area contributed by atoms with E-state index < -0.39 is 170 Å². The minimum atomic E-state index is -1.66. The van der Waals surface area contributed by atoms with Crippen LogP contribution >= 0.6 is 24.4 Å². The van der Waals surface area contributed by atoms with Gasteiger partial charge in [0, 0.05) is 32.1 Å². The molecule has 0 unspecified atom stereocenters. The molecule has 0 spiro atoms. The summed E-state index contributed by atoms with van der Waals surface area (Å²) in [5, 5.41) is 58.3. The number of carboxylic acids is 1. The highest BCUT2D eigenvalue weighted by Crippen LogP contribution is 2.10. The standard InChI is InChI=1S/C49H79N13O16S2/c1-26(2)40(62-45(73)32(17-19-80-6)59-44(72)30(51-5)14-10-11-18-52-41(69)27(3)55-46(74)35(24-64)56-28(4)65)48(76)60-31(15-16-37(50)66)42(70)53-21-38(67)57-34(23-63)43(71)54-22-39(68)58-36(25-79)47(75)61-33(49(77)78)20-29-12-8-7-9-13-29/h7-9,12-13,26-27,30-36,40,51,63-64,79H,10-11,14-25H2,1-6H3,(H2,50,66)(H,52,69)(H,53,70)(H,54,71)(H,55,74)(H,56,65)(H,57,67)(H,58,68)(H,59,72)(H,60,76)(H,61,75)(H,62,73)(H,77,78)/t27-,30+,31+,32+,33+,34+,35+,36+,40+/m1/s1. The number of aliphatic hydroxyl groups is 2. The Morgan fingerprint density at radius 1 is 0.575 bits per heavy atom. The summed E-state index contributed by atoms with van der Waals surface area (Å²) in [6.45, 7) is 2.76. The summed E-state index contributed by atoms with van der Waals surface area (Å²) in [5.41, 5.74) is 5.96. The number of unbranched alkanes of at least 4 members (excludes halogenated alkanes) is 1. The number of carbonyl (C=O) groups excluding carboxylic acids is 12. The third kappa shape index (κ3) is 27.7. The van der Waals surface area contributed by atoms with Crippen molar-refractivity contribution in [3.63, 3.8) is 0 Å². The van der Waals surface area contributed by atoms with Crippen LogP contribution in [0.5, 0.6) is 0 Å². The first-order valence-corrected chi connectivity index (χ1v) is 27.6. The Morgan fingerprint density at radius 3 is 1.61 bits per heavy atom. The molecule has 0 saturated carbocycles. The summed E-state index contributed by atoms with van der Waals surface area (Å²) in [6.07, 6.45) is 2.26. The average molecular weight is 1170 g/mol. The van der Waals surface area contributed by atoms with E-state index in [1.165, 1.54) is 25.6 Å². The SMILES string of the molecule is CN[C@@H](CCCCNC(=O)[C@@H](C)NC(=O)[C@H](CO)NC(C)=O)C(=O)N[C@@H](CCSC)C(=O)N[C@H](C(=O)N[C@@H](CCC(N)=O)C(=O)NCC(=O)N[C@@H](CO)C(=O)NCC(=O)N[C@@H](CS)C(=O)N[C@@H](Cc1ccccc1)C(=O)O)C(C)C. The van der Waals surface area contributed by atoms with Crippen molar-refractivity contribution >= 4 is 101 Å². The van der Waals surface area contributed by atoms with Crippen LogP contribution < -0.4 is 69.5 Å². The van der Waals surface area contributed by atoms with E-state index >= 15 is 0 Å². The van der Waals surface area contributed by atoms with Crippen LogP contribution in [0.2, 0.25) is 0 Å². The zero-order chi connectivity index (χ0) is 60.5. The lowest BCUT2D eigenvalue weighted by molar-refractivity contribution is -0.142. The third-order valence-corrected chi connectivity index (χ3v) is 12.7. The van der Waals surface area contributed by atoms with Gasteiger partial charge in [0.25, 0.3) is 0 Å². The molecule has 0 bridgehead atoms. The lowest BCUT2D eigenvalue weighted by Gasteiger charge is -2.28. The zero-order valence-corrected chi connectivity index (χ0v) is 47.4. The maximum atomic E-state index is 13.8. The molecule has 0 heterocycles. The Kier molecular flexibility index (Phi) is 34.1. The molecule has 0 radical (unpaired) electrons. The first-order chi connectivity index (χ1) is 37.8. The van der Waals surface area contributed by atoms with Gasteiger partial charge < -0.3 is 84.9 Å². The molecule has 1 aromatic rings. The van der Waals surface area contributed by atoms with E-state index in [4.69, 9.17) is 5.73 Å². The molecule has 0 aliphatic rings. The lowest BCUT2D eigenvalue weighted by atomic mass is 10.0. The monoisotopic (exact) mass is 1170 g/mol. The highest BCUT2D eigenvalue weighted by Gasteiger charge is 2.33. The third-order valence-electron chi connectivity index (χ3n) is 11.7. The fourth-order valence-electron chi connectivity index (χ4n) is 7.23. The first-order valence-electron chi connectivity index (χ1n) is 25.6. The molecule has 448 valence electrons. The van der Waals surface area contributed by atoms with Gasteiger partial charge in [-0.05, 0) is 69.6 Å². The summed E-state index contributed by atoms with van der Waals surface area (Å²) < 4.78 is 0. The quantitative estimate of drug-likeness (QED) is 0.0215. The van der Waals surface area contributed by atoms with Crippen molar-refractivity contribution in [3.05, 3.63) is 35.9 Å². The summed E-state index contributed by atoms with van der Waals surface area (Å²) in [7, 11) is 1.55. The zero-order valence-electron chi connectivity index (χ0n) is 45.6. The van der Waals surface area contributed by atoms with E-state index in [-0.39, 0.29) is 38.0 Å². The maximum Gasteiger partial charge on any atom is 0.326 e. The van der Waals surface area contributed by atoms with E-state index in [1.807, 2.05) is 0 Å². The van der Waals surface area contributed by atoms with Gasteiger partial charge in [0.2, 0.25) is 70.9 Å².